The Morgan fingerprint density at radius 1 is 1.41 bits per heavy atom. The number of H-pyrrole nitrogens is 1. The highest BCUT2D eigenvalue weighted by Crippen LogP contribution is 2.27. The van der Waals surface area contributed by atoms with Crippen LogP contribution in [0, 0.1) is 11.2 Å². The van der Waals surface area contributed by atoms with Crippen molar-refractivity contribution in [1.82, 2.24) is 4.98 Å². The van der Waals surface area contributed by atoms with Gasteiger partial charge in [-0.1, -0.05) is 12.1 Å². The van der Waals surface area contributed by atoms with Crippen LogP contribution >= 0.6 is 0 Å². The van der Waals surface area contributed by atoms with Crippen molar-refractivity contribution in [2.75, 3.05) is 0 Å². The zero-order valence-electron chi connectivity index (χ0n) is 9.75. The molecule has 1 aromatic carbocycles. The monoisotopic (exact) mass is 235 g/mol. The van der Waals surface area contributed by atoms with Crippen LogP contribution in [0.2, 0.25) is 0 Å². The molecular weight excluding hydrogens is 221 g/mol. The van der Waals surface area contributed by atoms with E-state index in [-0.39, 0.29) is 12.2 Å². The standard InChI is InChI=1S/C13H14FNO2/c1-13(2,12(16)17)7-9-4-3-8-5-6-15-11(8)10(9)14/h3-6,15H,7H2,1-2H3,(H,16,17). The number of carbonyl (C=O) groups is 1. The van der Waals surface area contributed by atoms with Gasteiger partial charge in [0.1, 0.15) is 5.82 Å². The van der Waals surface area contributed by atoms with E-state index >= 15 is 0 Å². The molecule has 0 radical (unpaired) electrons. The lowest BCUT2D eigenvalue weighted by atomic mass is 9.85. The number of halogens is 1. The summed E-state index contributed by atoms with van der Waals surface area (Å²) in [4.78, 5) is 13.8. The van der Waals surface area contributed by atoms with E-state index in [1.165, 1.54) is 0 Å². The molecule has 0 bridgehead atoms. The Balaban J connectivity index is 2.43. The summed E-state index contributed by atoms with van der Waals surface area (Å²) in [7, 11) is 0. The van der Waals surface area contributed by atoms with Gasteiger partial charge in [-0.15, -0.1) is 0 Å². The summed E-state index contributed by atoms with van der Waals surface area (Å²) in [5.74, 6) is -1.29. The van der Waals surface area contributed by atoms with Gasteiger partial charge in [0.05, 0.1) is 10.9 Å². The molecule has 0 fully saturated rings. The number of aromatic amines is 1. The van der Waals surface area contributed by atoms with E-state index in [0.29, 0.717) is 11.1 Å². The number of carboxylic acid groups (broad SMARTS) is 1. The molecule has 2 N–H and O–H groups in total. The lowest BCUT2D eigenvalue weighted by Crippen LogP contribution is -2.26. The van der Waals surface area contributed by atoms with E-state index in [1.54, 1.807) is 38.2 Å². The van der Waals surface area contributed by atoms with Crippen LogP contribution in [0.3, 0.4) is 0 Å². The molecule has 0 saturated heterocycles. The van der Waals surface area contributed by atoms with Gasteiger partial charge in [-0.25, -0.2) is 4.39 Å². The van der Waals surface area contributed by atoms with Crippen LogP contribution in [0.15, 0.2) is 24.4 Å². The normalized spacial score (nSPS) is 11.9. The van der Waals surface area contributed by atoms with E-state index in [1.807, 2.05) is 0 Å². The fourth-order valence-electron chi connectivity index (χ4n) is 1.82. The average molecular weight is 235 g/mol. The third-order valence-corrected chi connectivity index (χ3v) is 2.96. The molecule has 0 saturated carbocycles. The number of carboxylic acids is 1. The molecule has 0 amide bonds. The summed E-state index contributed by atoms with van der Waals surface area (Å²) in [6, 6.07) is 5.23. The summed E-state index contributed by atoms with van der Waals surface area (Å²) in [5, 5.41) is 9.83. The van der Waals surface area contributed by atoms with Crippen LogP contribution < -0.4 is 0 Å². The van der Waals surface area contributed by atoms with Crippen molar-refractivity contribution in [3.8, 4) is 0 Å². The highest BCUT2D eigenvalue weighted by Gasteiger charge is 2.28. The van der Waals surface area contributed by atoms with Gasteiger partial charge < -0.3 is 10.1 Å². The molecule has 90 valence electrons. The molecule has 1 aromatic heterocycles. The zero-order valence-corrected chi connectivity index (χ0v) is 9.75. The van der Waals surface area contributed by atoms with Gasteiger partial charge in [0.25, 0.3) is 0 Å². The predicted molar refractivity (Wildman–Crippen MR) is 63.4 cm³/mol. The number of aliphatic carboxylic acids is 1. The first-order chi connectivity index (χ1) is 7.92. The molecule has 0 aliphatic carbocycles. The van der Waals surface area contributed by atoms with Gasteiger partial charge in [0, 0.05) is 11.6 Å². The van der Waals surface area contributed by atoms with Gasteiger partial charge in [0.15, 0.2) is 0 Å². The van der Waals surface area contributed by atoms with Crippen molar-refractivity contribution in [2.24, 2.45) is 5.41 Å². The van der Waals surface area contributed by atoms with E-state index in [0.717, 1.165) is 5.39 Å². The molecule has 17 heavy (non-hydrogen) atoms. The molecule has 2 aromatic rings. The summed E-state index contributed by atoms with van der Waals surface area (Å²) < 4.78 is 14.1. The molecular formula is C13H14FNO2. The van der Waals surface area contributed by atoms with Crippen molar-refractivity contribution >= 4 is 16.9 Å². The first-order valence-electron chi connectivity index (χ1n) is 5.40. The molecule has 4 heteroatoms. The maximum Gasteiger partial charge on any atom is 0.309 e. The lowest BCUT2D eigenvalue weighted by Gasteiger charge is -2.19. The van der Waals surface area contributed by atoms with Crippen LogP contribution in [0.5, 0.6) is 0 Å². The molecule has 0 aliphatic heterocycles. The number of rotatable bonds is 3. The molecule has 0 spiro atoms. The second kappa shape index (κ2) is 3.87. The highest BCUT2D eigenvalue weighted by atomic mass is 19.1. The van der Waals surface area contributed by atoms with Crippen LogP contribution in [-0.4, -0.2) is 16.1 Å². The summed E-state index contributed by atoms with van der Waals surface area (Å²) >= 11 is 0. The summed E-state index contributed by atoms with van der Waals surface area (Å²) in [6.45, 7) is 3.18. The van der Waals surface area contributed by atoms with Gasteiger partial charge in [0.2, 0.25) is 0 Å². The SMILES string of the molecule is CC(C)(Cc1ccc2cc[nH]c2c1F)C(=O)O. The van der Waals surface area contributed by atoms with Gasteiger partial charge in [-0.3, -0.25) is 4.79 Å². The quantitative estimate of drug-likeness (QED) is 0.859. The molecule has 0 aliphatic rings. The number of aromatic nitrogens is 1. The maximum absolute atomic E-state index is 14.1. The first kappa shape index (κ1) is 11.6. The fourth-order valence-corrected chi connectivity index (χ4v) is 1.82. The van der Waals surface area contributed by atoms with Crippen LogP contribution in [0.1, 0.15) is 19.4 Å². The Bertz CT molecular complexity index is 572. The number of hydrogen-bond acceptors (Lipinski definition) is 1. The zero-order chi connectivity index (χ0) is 12.6. The Hall–Kier alpha value is -1.84. The topological polar surface area (TPSA) is 53.1 Å². The average Bonchev–Trinajstić information content (AvgIpc) is 2.70. The van der Waals surface area contributed by atoms with Crippen molar-refractivity contribution in [3.63, 3.8) is 0 Å². The van der Waals surface area contributed by atoms with Crippen molar-refractivity contribution in [3.05, 3.63) is 35.8 Å². The number of hydrogen-bond donors (Lipinski definition) is 2. The third kappa shape index (κ3) is 2.02. The van der Waals surface area contributed by atoms with Gasteiger partial charge in [-0.2, -0.15) is 0 Å². The van der Waals surface area contributed by atoms with Crippen molar-refractivity contribution in [2.45, 2.75) is 20.3 Å². The molecule has 3 nitrogen and oxygen atoms in total. The summed E-state index contributed by atoms with van der Waals surface area (Å²) in [6.07, 6.45) is 1.84. The van der Waals surface area contributed by atoms with Gasteiger partial charge in [-0.05, 0) is 31.9 Å². The predicted octanol–water partition coefficient (Wildman–Crippen LogP) is 2.96. The largest absolute Gasteiger partial charge is 0.481 e. The van der Waals surface area contributed by atoms with E-state index in [2.05, 4.69) is 4.98 Å². The van der Waals surface area contributed by atoms with E-state index in [4.69, 9.17) is 5.11 Å². The third-order valence-electron chi connectivity index (χ3n) is 2.96. The second-order valence-corrected chi connectivity index (χ2v) is 4.85. The minimum absolute atomic E-state index is 0.170. The minimum Gasteiger partial charge on any atom is -0.481 e. The van der Waals surface area contributed by atoms with E-state index in [9.17, 15) is 9.18 Å². The smallest absolute Gasteiger partial charge is 0.309 e. The van der Waals surface area contributed by atoms with Crippen LogP contribution in [0.4, 0.5) is 4.39 Å². The van der Waals surface area contributed by atoms with E-state index < -0.39 is 11.4 Å². The number of benzene rings is 1. The number of fused-ring (bicyclic) bond motifs is 1. The Morgan fingerprint density at radius 2 is 2.12 bits per heavy atom. The molecule has 0 unspecified atom stereocenters. The Labute approximate surface area is 98.3 Å². The highest BCUT2D eigenvalue weighted by molar-refractivity contribution is 5.81. The van der Waals surface area contributed by atoms with Crippen LogP contribution in [0.25, 0.3) is 10.9 Å². The molecule has 0 atom stereocenters. The molecule has 1 heterocycles. The lowest BCUT2D eigenvalue weighted by molar-refractivity contribution is -0.146. The maximum atomic E-state index is 14.1. The fraction of sp³-hybridized carbons (Fsp3) is 0.308. The van der Waals surface area contributed by atoms with Crippen molar-refractivity contribution in [1.29, 1.82) is 0 Å². The number of nitrogens with one attached hydrogen (secondary N) is 1. The summed E-state index contributed by atoms with van der Waals surface area (Å²) in [5.41, 5.74) is -0.114. The second-order valence-electron chi connectivity index (χ2n) is 4.85. The minimum atomic E-state index is -0.971. The Kier molecular flexibility index (Phi) is 2.65. The first-order valence-corrected chi connectivity index (χ1v) is 5.40. The molecule has 2 rings (SSSR count). The Morgan fingerprint density at radius 3 is 2.76 bits per heavy atom. The van der Waals surface area contributed by atoms with Gasteiger partial charge >= 0.3 is 5.97 Å². The van der Waals surface area contributed by atoms with Crippen LogP contribution in [-0.2, 0) is 11.2 Å². The van der Waals surface area contributed by atoms with Crippen molar-refractivity contribution < 1.29 is 14.3 Å².